The van der Waals surface area contributed by atoms with Crippen molar-refractivity contribution >= 4 is 24.2 Å². The summed E-state index contributed by atoms with van der Waals surface area (Å²) in [5, 5.41) is 0.777. The van der Waals surface area contributed by atoms with Crippen molar-refractivity contribution in [1.82, 2.24) is 0 Å². The third-order valence-electron chi connectivity index (χ3n) is 2.15. The van der Waals surface area contributed by atoms with E-state index in [-0.39, 0.29) is 4.75 Å². The van der Waals surface area contributed by atoms with Crippen molar-refractivity contribution in [2.24, 2.45) is 0 Å². The molecule has 12 heavy (non-hydrogen) atoms. The molecule has 0 radical (unpaired) electrons. The van der Waals surface area contributed by atoms with E-state index < -0.39 is 0 Å². The Labute approximate surface area is 84.3 Å². The van der Waals surface area contributed by atoms with E-state index >= 15 is 0 Å². The predicted molar refractivity (Wildman–Crippen MR) is 58.1 cm³/mol. The molecule has 0 saturated heterocycles. The molecule has 1 aromatic rings. The topological polar surface area (TPSA) is 0 Å². The Morgan fingerprint density at radius 1 is 1.33 bits per heavy atom. The molecular weight excluding hydrogens is 188 g/mol. The van der Waals surface area contributed by atoms with Crippen molar-refractivity contribution in [2.75, 3.05) is 0 Å². The highest BCUT2D eigenvalue weighted by Crippen LogP contribution is 2.31. The second-order valence-corrected chi connectivity index (χ2v) is 4.56. The van der Waals surface area contributed by atoms with Crippen LogP contribution in [0.5, 0.6) is 0 Å². The fourth-order valence-electron chi connectivity index (χ4n) is 1.01. The van der Waals surface area contributed by atoms with Crippen LogP contribution < -0.4 is 0 Å². The first kappa shape index (κ1) is 9.94. The van der Waals surface area contributed by atoms with E-state index in [0.29, 0.717) is 0 Å². The van der Waals surface area contributed by atoms with Crippen LogP contribution in [0, 0.1) is 0 Å². The molecule has 0 aliphatic heterocycles. The molecule has 0 N–H and O–H groups in total. The number of thiol groups is 1. The summed E-state index contributed by atoms with van der Waals surface area (Å²) in [5.74, 6) is 0. The first-order valence-corrected chi connectivity index (χ1v) is 4.87. The normalized spacial score (nSPS) is 15.7. The maximum Gasteiger partial charge on any atom is 0.0406 e. The Kier molecular flexibility index (Phi) is 3.08. The standard InChI is InChI=1S/C10H13ClS/c1-3-10(2,12)8-4-6-9(11)7-5-8/h4-7,12H,3H2,1-2H3/t10-/m1/s1. The predicted octanol–water partition coefficient (Wildman–Crippen LogP) is 3.90. The molecule has 1 aromatic carbocycles. The van der Waals surface area contributed by atoms with Crippen LogP contribution in [0.2, 0.25) is 5.02 Å². The smallest absolute Gasteiger partial charge is 0.0406 e. The fraction of sp³-hybridized carbons (Fsp3) is 0.400. The van der Waals surface area contributed by atoms with Gasteiger partial charge in [0.25, 0.3) is 0 Å². The maximum atomic E-state index is 5.78. The van der Waals surface area contributed by atoms with Gasteiger partial charge in [-0.1, -0.05) is 30.7 Å². The van der Waals surface area contributed by atoms with Gasteiger partial charge in [-0.15, -0.1) is 0 Å². The molecule has 1 atom stereocenters. The maximum absolute atomic E-state index is 5.78. The Hall–Kier alpha value is -0.140. The molecule has 0 aliphatic carbocycles. The van der Waals surface area contributed by atoms with Gasteiger partial charge >= 0.3 is 0 Å². The van der Waals surface area contributed by atoms with Crippen LogP contribution in [-0.2, 0) is 4.75 Å². The molecule has 1 rings (SSSR count). The zero-order chi connectivity index (χ0) is 9.19. The number of halogens is 1. The lowest BCUT2D eigenvalue weighted by atomic mass is 9.98. The van der Waals surface area contributed by atoms with E-state index in [1.54, 1.807) is 0 Å². The van der Waals surface area contributed by atoms with Gasteiger partial charge in [0.2, 0.25) is 0 Å². The molecule has 0 fully saturated rings. The molecular formula is C10H13ClS. The lowest BCUT2D eigenvalue weighted by Gasteiger charge is -2.21. The van der Waals surface area contributed by atoms with Crippen LogP contribution in [-0.4, -0.2) is 0 Å². The number of hydrogen-bond donors (Lipinski definition) is 1. The number of hydrogen-bond acceptors (Lipinski definition) is 1. The van der Waals surface area contributed by atoms with E-state index in [0.717, 1.165) is 11.4 Å². The summed E-state index contributed by atoms with van der Waals surface area (Å²) in [6.07, 6.45) is 1.01. The molecule has 2 heteroatoms. The van der Waals surface area contributed by atoms with Crippen LogP contribution >= 0.6 is 24.2 Å². The van der Waals surface area contributed by atoms with E-state index in [1.165, 1.54) is 5.56 Å². The minimum absolute atomic E-state index is 0.0371. The van der Waals surface area contributed by atoms with Gasteiger partial charge in [-0.2, -0.15) is 12.6 Å². The fourth-order valence-corrected chi connectivity index (χ4v) is 1.29. The van der Waals surface area contributed by atoms with Crippen LogP contribution in [0.3, 0.4) is 0 Å². The van der Waals surface area contributed by atoms with Crippen molar-refractivity contribution in [1.29, 1.82) is 0 Å². The molecule has 0 aromatic heterocycles. The summed E-state index contributed by atoms with van der Waals surface area (Å²) in [6, 6.07) is 7.86. The number of benzene rings is 1. The van der Waals surface area contributed by atoms with Crippen molar-refractivity contribution in [2.45, 2.75) is 25.0 Å². The quantitative estimate of drug-likeness (QED) is 0.688. The van der Waals surface area contributed by atoms with Gasteiger partial charge in [0.15, 0.2) is 0 Å². The van der Waals surface area contributed by atoms with Crippen molar-refractivity contribution in [3.05, 3.63) is 34.9 Å². The molecule has 0 spiro atoms. The number of rotatable bonds is 2. The van der Waals surface area contributed by atoms with Gasteiger partial charge in [-0.25, -0.2) is 0 Å². The van der Waals surface area contributed by atoms with Gasteiger partial charge in [0.1, 0.15) is 0 Å². The Bertz CT molecular complexity index is 251. The third kappa shape index (κ3) is 2.18. The van der Waals surface area contributed by atoms with Gasteiger partial charge in [-0.05, 0) is 31.0 Å². The van der Waals surface area contributed by atoms with Gasteiger partial charge in [0, 0.05) is 9.77 Å². The molecule has 0 saturated carbocycles. The SMILES string of the molecule is CC[C@@](C)(S)c1ccc(Cl)cc1. The molecule has 0 nitrogen and oxygen atoms in total. The van der Waals surface area contributed by atoms with Crippen LogP contribution in [0.15, 0.2) is 24.3 Å². The lowest BCUT2D eigenvalue weighted by Crippen LogP contribution is -2.11. The summed E-state index contributed by atoms with van der Waals surface area (Å²) < 4.78 is -0.0371. The summed E-state index contributed by atoms with van der Waals surface area (Å²) in [7, 11) is 0. The highest BCUT2D eigenvalue weighted by Gasteiger charge is 2.18. The first-order chi connectivity index (χ1) is 5.56. The second-order valence-electron chi connectivity index (χ2n) is 3.13. The summed E-state index contributed by atoms with van der Waals surface area (Å²) >= 11 is 10.3. The Morgan fingerprint density at radius 2 is 1.83 bits per heavy atom. The van der Waals surface area contributed by atoms with Crippen LogP contribution in [0.4, 0.5) is 0 Å². The molecule has 0 bridgehead atoms. The minimum Gasteiger partial charge on any atom is -0.168 e. The average molecular weight is 201 g/mol. The molecule has 66 valence electrons. The van der Waals surface area contributed by atoms with Crippen LogP contribution in [0.25, 0.3) is 0 Å². The van der Waals surface area contributed by atoms with E-state index in [1.807, 2.05) is 24.3 Å². The highest BCUT2D eigenvalue weighted by molar-refractivity contribution is 7.81. The minimum atomic E-state index is -0.0371. The summed E-state index contributed by atoms with van der Waals surface area (Å²) in [6.45, 7) is 4.24. The Morgan fingerprint density at radius 3 is 2.25 bits per heavy atom. The molecule has 0 unspecified atom stereocenters. The zero-order valence-corrected chi connectivity index (χ0v) is 8.99. The van der Waals surface area contributed by atoms with Crippen LogP contribution in [0.1, 0.15) is 25.8 Å². The van der Waals surface area contributed by atoms with Gasteiger partial charge in [-0.3, -0.25) is 0 Å². The average Bonchev–Trinajstić information content (AvgIpc) is 2.05. The van der Waals surface area contributed by atoms with Crippen molar-refractivity contribution < 1.29 is 0 Å². The summed E-state index contributed by atoms with van der Waals surface area (Å²) in [5.41, 5.74) is 1.22. The summed E-state index contributed by atoms with van der Waals surface area (Å²) in [4.78, 5) is 0. The van der Waals surface area contributed by atoms with Crippen molar-refractivity contribution in [3.63, 3.8) is 0 Å². The molecule has 0 aliphatic rings. The van der Waals surface area contributed by atoms with E-state index in [4.69, 9.17) is 11.6 Å². The Balaban J connectivity index is 2.96. The molecule has 0 heterocycles. The van der Waals surface area contributed by atoms with Crippen molar-refractivity contribution in [3.8, 4) is 0 Å². The lowest BCUT2D eigenvalue weighted by molar-refractivity contribution is 0.671. The largest absolute Gasteiger partial charge is 0.168 e. The third-order valence-corrected chi connectivity index (χ3v) is 2.98. The zero-order valence-electron chi connectivity index (χ0n) is 7.34. The van der Waals surface area contributed by atoms with E-state index in [2.05, 4.69) is 26.5 Å². The highest BCUT2D eigenvalue weighted by atomic mass is 35.5. The first-order valence-electron chi connectivity index (χ1n) is 4.04. The van der Waals surface area contributed by atoms with E-state index in [9.17, 15) is 0 Å². The van der Waals surface area contributed by atoms with Gasteiger partial charge in [0.05, 0.1) is 0 Å². The second kappa shape index (κ2) is 3.71. The molecule has 0 amide bonds. The monoisotopic (exact) mass is 200 g/mol. The van der Waals surface area contributed by atoms with Gasteiger partial charge < -0.3 is 0 Å².